The smallest absolute Gasteiger partial charge is 0.254 e. The van der Waals surface area contributed by atoms with Gasteiger partial charge in [-0.15, -0.1) is 12.4 Å². The standard InChI is InChI=1S/C26H33N3O3.ClH/c1-20-18-29(25(31)23-9-4-3-5-10-23)19-26(32-20)13-16-28(17-14-26)15-12-22-8-6-7-11-24(22)27-21(2)30;/h3-11,20H,12-19H2,1-2H3,(H,27,30);1H. The molecule has 1 N–H and O–H groups in total. The van der Waals surface area contributed by atoms with Crippen LogP contribution in [0.4, 0.5) is 5.69 Å². The number of hydrogen-bond donors (Lipinski definition) is 1. The molecule has 0 radical (unpaired) electrons. The Morgan fingerprint density at radius 1 is 1.06 bits per heavy atom. The third kappa shape index (κ3) is 6.34. The summed E-state index contributed by atoms with van der Waals surface area (Å²) in [5, 5.41) is 2.93. The average molecular weight is 472 g/mol. The number of amides is 2. The fraction of sp³-hybridized carbons (Fsp3) is 0.462. The second-order valence-corrected chi connectivity index (χ2v) is 9.09. The Bertz CT molecular complexity index is 945. The number of carbonyl (C=O) groups excluding carboxylic acids is 2. The lowest BCUT2D eigenvalue weighted by atomic mass is 9.88. The molecule has 4 rings (SSSR count). The van der Waals surface area contributed by atoms with Gasteiger partial charge in [-0.3, -0.25) is 9.59 Å². The number of morpholine rings is 1. The lowest BCUT2D eigenvalue weighted by molar-refractivity contribution is -0.161. The number of ether oxygens (including phenoxy) is 1. The van der Waals surface area contributed by atoms with Crippen molar-refractivity contribution in [3.8, 4) is 0 Å². The summed E-state index contributed by atoms with van der Waals surface area (Å²) in [5.74, 6) is 0.0488. The van der Waals surface area contributed by atoms with Crippen LogP contribution in [0.3, 0.4) is 0 Å². The fourth-order valence-corrected chi connectivity index (χ4v) is 4.93. The van der Waals surface area contributed by atoms with E-state index in [-0.39, 0.29) is 35.9 Å². The lowest BCUT2D eigenvalue weighted by Crippen LogP contribution is -2.60. The van der Waals surface area contributed by atoms with Crippen LogP contribution in [-0.2, 0) is 16.0 Å². The van der Waals surface area contributed by atoms with Crippen molar-refractivity contribution in [2.24, 2.45) is 0 Å². The van der Waals surface area contributed by atoms with Crippen LogP contribution >= 0.6 is 12.4 Å². The highest BCUT2D eigenvalue weighted by atomic mass is 35.5. The Morgan fingerprint density at radius 3 is 2.42 bits per heavy atom. The normalized spacial score (nSPS) is 20.2. The first-order valence-corrected chi connectivity index (χ1v) is 11.5. The third-order valence-corrected chi connectivity index (χ3v) is 6.51. The second-order valence-electron chi connectivity index (χ2n) is 9.09. The monoisotopic (exact) mass is 471 g/mol. The molecule has 2 fully saturated rings. The molecule has 2 aromatic rings. The maximum absolute atomic E-state index is 13.0. The molecule has 0 aliphatic carbocycles. The summed E-state index contributed by atoms with van der Waals surface area (Å²) in [6, 6.07) is 17.5. The molecule has 2 aromatic carbocycles. The molecular formula is C26H34ClN3O3. The zero-order valence-electron chi connectivity index (χ0n) is 19.5. The van der Waals surface area contributed by atoms with Gasteiger partial charge in [0.1, 0.15) is 0 Å². The molecule has 2 aliphatic heterocycles. The molecule has 2 saturated heterocycles. The van der Waals surface area contributed by atoms with Crippen LogP contribution in [0.15, 0.2) is 54.6 Å². The Hall–Kier alpha value is -2.41. The van der Waals surface area contributed by atoms with Crippen molar-refractivity contribution in [1.29, 1.82) is 0 Å². The van der Waals surface area contributed by atoms with E-state index in [0.29, 0.717) is 13.1 Å². The minimum absolute atomic E-state index is 0. The number of benzene rings is 2. The fourth-order valence-electron chi connectivity index (χ4n) is 4.93. The molecule has 6 nitrogen and oxygen atoms in total. The number of carbonyl (C=O) groups is 2. The van der Waals surface area contributed by atoms with Gasteiger partial charge in [-0.2, -0.15) is 0 Å². The van der Waals surface area contributed by atoms with Crippen LogP contribution in [0.5, 0.6) is 0 Å². The van der Waals surface area contributed by atoms with Crippen molar-refractivity contribution in [1.82, 2.24) is 9.80 Å². The molecule has 0 aromatic heterocycles. The predicted molar refractivity (Wildman–Crippen MR) is 133 cm³/mol. The van der Waals surface area contributed by atoms with Crippen LogP contribution in [0.2, 0.25) is 0 Å². The number of nitrogens with zero attached hydrogens (tertiary/aromatic N) is 2. The minimum atomic E-state index is -0.257. The van der Waals surface area contributed by atoms with Gasteiger partial charge in [0.15, 0.2) is 0 Å². The average Bonchev–Trinajstić information content (AvgIpc) is 2.79. The van der Waals surface area contributed by atoms with E-state index in [1.165, 1.54) is 6.92 Å². The van der Waals surface area contributed by atoms with E-state index in [9.17, 15) is 9.59 Å². The number of rotatable bonds is 5. The summed E-state index contributed by atoms with van der Waals surface area (Å²) in [7, 11) is 0. The number of hydrogen-bond acceptors (Lipinski definition) is 4. The van der Waals surface area contributed by atoms with E-state index in [1.807, 2.05) is 53.4 Å². The first-order valence-electron chi connectivity index (χ1n) is 11.5. The maximum Gasteiger partial charge on any atom is 0.254 e. The van der Waals surface area contributed by atoms with Gasteiger partial charge in [0.25, 0.3) is 5.91 Å². The first kappa shape index (κ1) is 25.2. The molecule has 1 unspecified atom stereocenters. The highest BCUT2D eigenvalue weighted by Gasteiger charge is 2.43. The summed E-state index contributed by atoms with van der Waals surface area (Å²) in [6.07, 6.45) is 2.76. The van der Waals surface area contributed by atoms with Crippen molar-refractivity contribution >= 4 is 29.9 Å². The van der Waals surface area contributed by atoms with Crippen LogP contribution in [0.25, 0.3) is 0 Å². The van der Waals surface area contributed by atoms with Crippen molar-refractivity contribution in [2.45, 2.75) is 44.8 Å². The van der Waals surface area contributed by atoms with E-state index in [0.717, 1.165) is 55.7 Å². The van der Waals surface area contributed by atoms with Crippen molar-refractivity contribution < 1.29 is 14.3 Å². The van der Waals surface area contributed by atoms with Gasteiger partial charge in [-0.1, -0.05) is 36.4 Å². The third-order valence-electron chi connectivity index (χ3n) is 6.51. The molecular weight excluding hydrogens is 438 g/mol. The number of anilines is 1. The number of piperidine rings is 1. The molecule has 2 aliphatic rings. The topological polar surface area (TPSA) is 61.9 Å². The number of halogens is 1. The maximum atomic E-state index is 13.0. The van der Waals surface area contributed by atoms with Crippen LogP contribution in [0, 0.1) is 0 Å². The van der Waals surface area contributed by atoms with Crippen LogP contribution < -0.4 is 5.32 Å². The van der Waals surface area contributed by atoms with Gasteiger partial charge < -0.3 is 19.9 Å². The zero-order valence-corrected chi connectivity index (χ0v) is 20.3. The van der Waals surface area contributed by atoms with Gasteiger partial charge in [0.05, 0.1) is 18.2 Å². The number of para-hydroxylation sites is 1. The van der Waals surface area contributed by atoms with Gasteiger partial charge in [-0.05, 0) is 49.9 Å². The molecule has 2 amide bonds. The first-order chi connectivity index (χ1) is 15.4. The van der Waals surface area contributed by atoms with Crippen molar-refractivity contribution in [2.75, 3.05) is 38.0 Å². The van der Waals surface area contributed by atoms with E-state index >= 15 is 0 Å². The summed E-state index contributed by atoms with van der Waals surface area (Å²) >= 11 is 0. The summed E-state index contributed by atoms with van der Waals surface area (Å²) < 4.78 is 6.44. The second kappa shape index (κ2) is 11.1. The summed E-state index contributed by atoms with van der Waals surface area (Å²) in [4.78, 5) is 28.9. The molecule has 1 atom stereocenters. The largest absolute Gasteiger partial charge is 0.368 e. The van der Waals surface area contributed by atoms with Gasteiger partial charge >= 0.3 is 0 Å². The van der Waals surface area contributed by atoms with E-state index in [1.54, 1.807) is 0 Å². The van der Waals surface area contributed by atoms with Gasteiger partial charge in [-0.25, -0.2) is 0 Å². The lowest BCUT2D eigenvalue weighted by Gasteiger charge is -2.49. The predicted octanol–water partition coefficient (Wildman–Crippen LogP) is 4.01. The molecule has 0 saturated carbocycles. The Labute approximate surface area is 202 Å². The number of likely N-dealkylation sites (tertiary alicyclic amines) is 1. The van der Waals surface area contributed by atoms with Crippen molar-refractivity contribution in [3.63, 3.8) is 0 Å². The number of nitrogens with one attached hydrogen (secondary N) is 1. The molecule has 2 heterocycles. The Morgan fingerprint density at radius 2 is 1.73 bits per heavy atom. The van der Waals surface area contributed by atoms with Gasteiger partial charge in [0.2, 0.25) is 5.91 Å². The molecule has 0 bridgehead atoms. The molecule has 178 valence electrons. The summed E-state index contributed by atoms with van der Waals surface area (Å²) in [5.41, 5.74) is 2.54. The highest BCUT2D eigenvalue weighted by molar-refractivity contribution is 5.94. The van der Waals surface area contributed by atoms with Gasteiger partial charge in [0, 0.05) is 44.4 Å². The Kier molecular flexibility index (Phi) is 8.51. The van der Waals surface area contributed by atoms with Crippen LogP contribution in [0.1, 0.15) is 42.6 Å². The summed E-state index contributed by atoms with van der Waals surface area (Å²) in [6.45, 7) is 7.73. The Balaban J connectivity index is 0.00000306. The van der Waals surface area contributed by atoms with E-state index < -0.39 is 0 Å². The SMILES string of the molecule is CC(=O)Nc1ccccc1CCN1CCC2(CC1)CN(C(=O)c1ccccc1)CC(C)O2.Cl. The molecule has 33 heavy (non-hydrogen) atoms. The highest BCUT2D eigenvalue weighted by Crippen LogP contribution is 2.33. The van der Waals surface area contributed by atoms with E-state index in [2.05, 4.69) is 23.2 Å². The minimum Gasteiger partial charge on any atom is -0.368 e. The van der Waals surface area contributed by atoms with Crippen LogP contribution in [-0.4, -0.2) is 66.0 Å². The van der Waals surface area contributed by atoms with Crippen molar-refractivity contribution in [3.05, 3.63) is 65.7 Å². The zero-order chi connectivity index (χ0) is 22.6. The van der Waals surface area contributed by atoms with E-state index in [4.69, 9.17) is 4.74 Å². The molecule has 1 spiro atoms. The quantitative estimate of drug-likeness (QED) is 0.715. The molecule has 7 heteroatoms.